The van der Waals surface area contributed by atoms with E-state index in [2.05, 4.69) is 25.8 Å². The number of carbonyl (C=O) groups is 3. The van der Waals surface area contributed by atoms with Gasteiger partial charge in [0.2, 0.25) is 5.91 Å². The lowest BCUT2D eigenvalue weighted by Crippen LogP contribution is -2.39. The fourth-order valence-electron chi connectivity index (χ4n) is 2.25. The number of carbonyl (C=O) groups excluding carboxylic acids is 2. The molecule has 11 heteroatoms. The van der Waals surface area contributed by atoms with Crippen LogP contribution in [0.15, 0.2) is 41.5 Å². The molecule has 0 saturated carbocycles. The molecule has 1 unspecified atom stereocenters. The topological polar surface area (TPSA) is 189 Å². The molecule has 1 heterocycles. The lowest BCUT2D eigenvalue weighted by Gasteiger charge is -2.15. The third kappa shape index (κ3) is 6.16. The van der Waals surface area contributed by atoms with Gasteiger partial charge in [-0.15, -0.1) is 0 Å². The molecule has 0 aliphatic heterocycles. The van der Waals surface area contributed by atoms with Gasteiger partial charge in [0.25, 0.3) is 5.91 Å². The highest BCUT2D eigenvalue weighted by molar-refractivity contribution is 5.97. The van der Waals surface area contributed by atoms with Gasteiger partial charge >= 0.3 is 5.97 Å². The van der Waals surface area contributed by atoms with Crippen LogP contribution in [0.1, 0.15) is 28.5 Å². The van der Waals surface area contributed by atoms with E-state index in [1.54, 1.807) is 18.2 Å². The molecule has 1 aromatic heterocycles. The van der Waals surface area contributed by atoms with E-state index in [4.69, 9.17) is 16.6 Å². The molecule has 27 heavy (non-hydrogen) atoms. The van der Waals surface area contributed by atoms with Crippen molar-refractivity contribution < 1.29 is 19.5 Å². The van der Waals surface area contributed by atoms with Crippen LogP contribution >= 0.6 is 0 Å². The van der Waals surface area contributed by atoms with Crippen LogP contribution in [0.3, 0.4) is 0 Å². The number of aromatic nitrogens is 2. The molecule has 1 aromatic carbocycles. The number of H-pyrrole nitrogens is 1. The summed E-state index contributed by atoms with van der Waals surface area (Å²) in [5.74, 6) is -2.29. The van der Waals surface area contributed by atoms with E-state index in [0.717, 1.165) is 0 Å². The normalized spacial score (nSPS) is 11.3. The van der Waals surface area contributed by atoms with E-state index < -0.39 is 23.8 Å². The second kappa shape index (κ2) is 8.99. The summed E-state index contributed by atoms with van der Waals surface area (Å²) in [7, 11) is 0. The number of guanidine groups is 1. The summed E-state index contributed by atoms with van der Waals surface area (Å²) in [6.45, 7) is -0.338. The molecule has 0 radical (unpaired) electrons. The highest BCUT2D eigenvalue weighted by Crippen LogP contribution is 2.14. The van der Waals surface area contributed by atoms with E-state index >= 15 is 0 Å². The maximum Gasteiger partial charge on any atom is 0.305 e. The second-order valence-corrected chi connectivity index (χ2v) is 5.50. The van der Waals surface area contributed by atoms with Gasteiger partial charge in [-0.1, -0.05) is 6.07 Å². The van der Waals surface area contributed by atoms with E-state index in [-0.39, 0.29) is 24.5 Å². The molecule has 0 spiro atoms. The Morgan fingerprint density at radius 2 is 2.04 bits per heavy atom. The Bertz CT molecular complexity index is 844. The van der Waals surface area contributed by atoms with Crippen LogP contribution in [-0.4, -0.2) is 45.6 Å². The van der Waals surface area contributed by atoms with Crippen molar-refractivity contribution in [3.05, 3.63) is 47.8 Å². The number of nitrogens with zero attached hydrogens (tertiary/aromatic N) is 2. The summed E-state index contributed by atoms with van der Waals surface area (Å²) in [5.41, 5.74) is 11.7. The monoisotopic (exact) mass is 373 g/mol. The molecule has 0 fully saturated rings. The Kier molecular flexibility index (Phi) is 6.47. The first-order chi connectivity index (χ1) is 12.8. The van der Waals surface area contributed by atoms with Crippen LogP contribution in [0.25, 0.3) is 0 Å². The average Bonchev–Trinajstić information content (AvgIpc) is 3.13. The van der Waals surface area contributed by atoms with Gasteiger partial charge in [0.05, 0.1) is 30.4 Å². The molecule has 1 atom stereocenters. The fraction of sp³-hybridized carbons (Fsp3) is 0.188. The number of nitrogens with one attached hydrogen (secondary N) is 3. The molecule has 8 N–H and O–H groups in total. The first-order valence-electron chi connectivity index (χ1n) is 7.83. The van der Waals surface area contributed by atoms with Crippen LogP contribution in [0, 0.1) is 0 Å². The number of hydrogen-bond donors (Lipinski definition) is 6. The van der Waals surface area contributed by atoms with Gasteiger partial charge in [-0.25, -0.2) is 4.99 Å². The number of rotatable bonds is 8. The summed E-state index contributed by atoms with van der Waals surface area (Å²) >= 11 is 0. The van der Waals surface area contributed by atoms with Gasteiger partial charge in [0, 0.05) is 11.8 Å². The molecule has 0 aliphatic rings. The Morgan fingerprint density at radius 3 is 2.67 bits per heavy atom. The third-order valence-corrected chi connectivity index (χ3v) is 3.39. The highest BCUT2D eigenvalue weighted by atomic mass is 16.4. The van der Waals surface area contributed by atoms with Crippen LogP contribution in [0.2, 0.25) is 0 Å². The number of benzene rings is 1. The molecule has 0 saturated heterocycles. The molecule has 2 rings (SSSR count). The number of hydrogen-bond acceptors (Lipinski definition) is 5. The Hall–Kier alpha value is -3.89. The minimum absolute atomic E-state index is 0.143. The zero-order chi connectivity index (χ0) is 19.8. The quantitative estimate of drug-likeness (QED) is 0.262. The van der Waals surface area contributed by atoms with Crippen LogP contribution < -0.4 is 22.1 Å². The standard InChI is InChI=1S/C16H19N7O4/c17-16(18)21-10-3-1-2-9(6-10)15(27)19-8-13(24)22-12(7-14(25)26)11-4-5-20-23-11/h1-6,12H,7-8H2,(H,19,27)(H,20,23)(H,22,24)(H,25,26)(H4,17,18,21). The maximum absolute atomic E-state index is 12.2. The Balaban J connectivity index is 1.95. The zero-order valence-corrected chi connectivity index (χ0v) is 14.2. The lowest BCUT2D eigenvalue weighted by atomic mass is 10.1. The van der Waals surface area contributed by atoms with Crippen molar-refractivity contribution in [2.24, 2.45) is 16.5 Å². The molecular weight excluding hydrogens is 354 g/mol. The van der Waals surface area contributed by atoms with Crippen molar-refractivity contribution in [1.29, 1.82) is 0 Å². The summed E-state index contributed by atoms with van der Waals surface area (Å²) in [5, 5.41) is 20.3. The predicted octanol–water partition coefficient (Wildman–Crippen LogP) is -0.623. The lowest BCUT2D eigenvalue weighted by molar-refractivity contribution is -0.137. The number of aliphatic imine (C=N–C) groups is 1. The summed E-state index contributed by atoms with van der Waals surface area (Å²) in [6.07, 6.45) is 1.12. The van der Waals surface area contributed by atoms with Crippen molar-refractivity contribution >= 4 is 29.4 Å². The summed E-state index contributed by atoms with van der Waals surface area (Å²) in [6, 6.07) is 6.98. The number of amides is 2. The molecule has 0 bridgehead atoms. The minimum atomic E-state index is -1.09. The van der Waals surface area contributed by atoms with Gasteiger partial charge in [-0.3, -0.25) is 19.5 Å². The second-order valence-electron chi connectivity index (χ2n) is 5.50. The SMILES string of the molecule is NC(N)=Nc1cccc(C(=O)NCC(=O)NC(CC(=O)O)c2ccn[nH]2)c1. The van der Waals surface area contributed by atoms with Crippen molar-refractivity contribution in [1.82, 2.24) is 20.8 Å². The number of nitrogens with two attached hydrogens (primary N) is 2. The highest BCUT2D eigenvalue weighted by Gasteiger charge is 2.19. The molecular formula is C16H19N7O4. The zero-order valence-electron chi connectivity index (χ0n) is 14.2. The van der Waals surface area contributed by atoms with Crippen molar-refractivity contribution in [3.63, 3.8) is 0 Å². The van der Waals surface area contributed by atoms with Crippen LogP contribution in [0.5, 0.6) is 0 Å². The van der Waals surface area contributed by atoms with Gasteiger partial charge in [0.1, 0.15) is 0 Å². The molecule has 2 amide bonds. The van der Waals surface area contributed by atoms with Gasteiger partial charge in [-0.05, 0) is 24.3 Å². The number of aromatic amines is 1. The van der Waals surface area contributed by atoms with E-state index in [1.807, 2.05) is 0 Å². The fourth-order valence-corrected chi connectivity index (χ4v) is 2.25. The van der Waals surface area contributed by atoms with Crippen LogP contribution in [-0.2, 0) is 9.59 Å². The summed E-state index contributed by atoms with van der Waals surface area (Å²) < 4.78 is 0. The van der Waals surface area contributed by atoms with Gasteiger partial charge in [-0.2, -0.15) is 5.10 Å². The number of carboxylic acid groups (broad SMARTS) is 1. The first kappa shape index (κ1) is 19.4. The Labute approximate surface area is 153 Å². The first-order valence-corrected chi connectivity index (χ1v) is 7.83. The number of aliphatic carboxylic acids is 1. The average molecular weight is 373 g/mol. The molecule has 11 nitrogen and oxygen atoms in total. The van der Waals surface area contributed by atoms with Crippen molar-refractivity contribution in [3.8, 4) is 0 Å². The molecule has 2 aromatic rings. The maximum atomic E-state index is 12.2. The van der Waals surface area contributed by atoms with E-state index in [1.165, 1.54) is 18.3 Å². The van der Waals surface area contributed by atoms with Crippen LogP contribution in [0.4, 0.5) is 5.69 Å². The number of carboxylic acids is 1. The molecule has 0 aliphatic carbocycles. The smallest absolute Gasteiger partial charge is 0.305 e. The largest absolute Gasteiger partial charge is 0.481 e. The molecule has 142 valence electrons. The van der Waals surface area contributed by atoms with E-state index in [0.29, 0.717) is 11.4 Å². The van der Waals surface area contributed by atoms with Crippen molar-refractivity contribution in [2.45, 2.75) is 12.5 Å². The van der Waals surface area contributed by atoms with Gasteiger partial charge < -0.3 is 27.2 Å². The van der Waals surface area contributed by atoms with Crippen molar-refractivity contribution in [2.75, 3.05) is 6.54 Å². The minimum Gasteiger partial charge on any atom is -0.481 e. The Morgan fingerprint density at radius 1 is 1.26 bits per heavy atom. The summed E-state index contributed by atoms with van der Waals surface area (Å²) in [4.78, 5) is 39.0. The van der Waals surface area contributed by atoms with E-state index in [9.17, 15) is 14.4 Å². The van der Waals surface area contributed by atoms with Gasteiger partial charge in [0.15, 0.2) is 5.96 Å². The third-order valence-electron chi connectivity index (χ3n) is 3.39. The predicted molar refractivity (Wildman–Crippen MR) is 96.0 cm³/mol.